The van der Waals surface area contributed by atoms with Gasteiger partial charge in [0.05, 0.1) is 12.2 Å². The number of hydrogen-bond acceptors (Lipinski definition) is 2. The summed E-state index contributed by atoms with van der Waals surface area (Å²) in [6.45, 7) is 2.61. The summed E-state index contributed by atoms with van der Waals surface area (Å²) < 4.78 is 12.7. The molecule has 0 unspecified atom stereocenters. The van der Waals surface area contributed by atoms with E-state index in [1.165, 1.54) is 0 Å². The van der Waals surface area contributed by atoms with Crippen LogP contribution in [0.4, 0.5) is 0 Å². The Morgan fingerprint density at radius 2 is 1.17 bits per heavy atom. The van der Waals surface area contributed by atoms with Crippen molar-refractivity contribution in [1.29, 1.82) is 0 Å². The molecule has 30 heavy (non-hydrogen) atoms. The molecule has 0 amide bonds. The Hall–Kier alpha value is -3.78. The van der Waals surface area contributed by atoms with Gasteiger partial charge in [-0.15, -0.1) is 0 Å². The lowest BCUT2D eigenvalue weighted by Crippen LogP contribution is -1.96. The molecule has 3 aromatic rings. The van der Waals surface area contributed by atoms with Gasteiger partial charge in [0.2, 0.25) is 0 Å². The van der Waals surface area contributed by atoms with Crippen LogP contribution < -0.4 is 4.74 Å². The Morgan fingerprint density at radius 1 is 0.633 bits per heavy atom. The lowest BCUT2D eigenvalue weighted by atomic mass is 10.0. The van der Waals surface area contributed by atoms with E-state index in [1.54, 1.807) is 0 Å². The summed E-state index contributed by atoms with van der Waals surface area (Å²) in [6, 6.07) is 35.2. The number of hydrogen-bond donors (Lipinski definition) is 0. The van der Waals surface area contributed by atoms with Gasteiger partial charge in [-0.1, -0.05) is 91.0 Å². The van der Waals surface area contributed by atoms with Crippen molar-refractivity contribution < 1.29 is 9.15 Å². The topological polar surface area (TPSA) is 22.4 Å². The van der Waals surface area contributed by atoms with Gasteiger partial charge in [0.25, 0.3) is 0 Å². The van der Waals surface area contributed by atoms with Gasteiger partial charge in [0, 0.05) is 17.2 Å². The highest BCUT2D eigenvalue weighted by Gasteiger charge is 2.26. The molecule has 0 spiro atoms. The SMILES string of the molecule is CCOc1cc(-c2ccccc2)oc2c(-c3ccccc3)cc(-c3ccccc3)c1-2. The van der Waals surface area contributed by atoms with E-state index in [0.717, 1.165) is 50.7 Å². The Morgan fingerprint density at radius 3 is 1.73 bits per heavy atom. The molecular formula is C28H22O2. The van der Waals surface area contributed by atoms with Crippen molar-refractivity contribution in [3.05, 3.63) is 103 Å². The van der Waals surface area contributed by atoms with Gasteiger partial charge >= 0.3 is 0 Å². The Kier molecular flexibility index (Phi) is 4.82. The van der Waals surface area contributed by atoms with Crippen LogP contribution in [0.2, 0.25) is 0 Å². The summed E-state index contributed by atoms with van der Waals surface area (Å²) in [7, 11) is 0. The summed E-state index contributed by atoms with van der Waals surface area (Å²) in [5.41, 5.74) is 6.51. The fourth-order valence-corrected chi connectivity index (χ4v) is 3.91. The maximum atomic E-state index is 6.54. The molecule has 3 aromatic carbocycles. The number of benzene rings is 3. The van der Waals surface area contributed by atoms with Crippen molar-refractivity contribution in [2.45, 2.75) is 6.92 Å². The zero-order valence-corrected chi connectivity index (χ0v) is 16.8. The average Bonchev–Trinajstić information content (AvgIpc) is 3.21. The summed E-state index contributed by atoms with van der Waals surface area (Å²) in [5.74, 6) is 2.50. The van der Waals surface area contributed by atoms with Crippen LogP contribution in [0.5, 0.6) is 5.75 Å². The van der Waals surface area contributed by atoms with Crippen molar-refractivity contribution in [2.75, 3.05) is 6.61 Å². The van der Waals surface area contributed by atoms with Gasteiger partial charge in [-0.25, -0.2) is 0 Å². The summed E-state index contributed by atoms with van der Waals surface area (Å²) >= 11 is 0. The molecule has 2 heteroatoms. The first-order valence-electron chi connectivity index (χ1n) is 10.2. The molecular weight excluding hydrogens is 368 g/mol. The number of ether oxygens (including phenoxy) is 1. The first-order chi connectivity index (χ1) is 14.8. The molecule has 1 aliphatic carbocycles. The quantitative estimate of drug-likeness (QED) is 0.306. The smallest absolute Gasteiger partial charge is 0.146 e. The minimum absolute atomic E-state index is 0.591. The third-order valence-corrected chi connectivity index (χ3v) is 5.28. The van der Waals surface area contributed by atoms with Crippen LogP contribution in [-0.2, 0) is 0 Å². The second-order valence-corrected chi connectivity index (χ2v) is 7.18. The van der Waals surface area contributed by atoms with E-state index in [0.29, 0.717) is 6.61 Å². The molecule has 0 fully saturated rings. The second kappa shape index (κ2) is 7.92. The summed E-state index contributed by atoms with van der Waals surface area (Å²) in [6.07, 6.45) is 0. The number of fused-ring (bicyclic) bond motifs is 1. The molecule has 0 bridgehead atoms. The maximum Gasteiger partial charge on any atom is 0.146 e. The lowest BCUT2D eigenvalue weighted by molar-refractivity contribution is 0.338. The van der Waals surface area contributed by atoms with E-state index < -0.39 is 0 Å². The largest absolute Gasteiger partial charge is 0.493 e. The van der Waals surface area contributed by atoms with E-state index >= 15 is 0 Å². The monoisotopic (exact) mass is 390 g/mol. The predicted octanol–water partition coefficient (Wildman–Crippen LogP) is 7.78. The van der Waals surface area contributed by atoms with E-state index in [-0.39, 0.29) is 0 Å². The van der Waals surface area contributed by atoms with Gasteiger partial charge in [-0.2, -0.15) is 0 Å². The molecule has 0 saturated heterocycles. The van der Waals surface area contributed by atoms with Gasteiger partial charge in [0.1, 0.15) is 17.3 Å². The van der Waals surface area contributed by atoms with Crippen LogP contribution in [0.1, 0.15) is 6.92 Å². The highest BCUT2D eigenvalue weighted by atomic mass is 16.5. The van der Waals surface area contributed by atoms with Crippen LogP contribution in [0, 0.1) is 0 Å². The zero-order chi connectivity index (χ0) is 20.3. The first kappa shape index (κ1) is 18.3. The predicted molar refractivity (Wildman–Crippen MR) is 123 cm³/mol. The maximum absolute atomic E-state index is 6.54. The van der Waals surface area contributed by atoms with Crippen molar-refractivity contribution >= 4 is 0 Å². The van der Waals surface area contributed by atoms with Crippen LogP contribution in [0.15, 0.2) is 108 Å². The summed E-state index contributed by atoms with van der Waals surface area (Å²) in [5, 5.41) is 0. The Labute approximate surface area is 176 Å². The van der Waals surface area contributed by atoms with Crippen molar-refractivity contribution in [3.63, 3.8) is 0 Å². The van der Waals surface area contributed by atoms with Crippen LogP contribution in [0.25, 0.3) is 44.9 Å². The van der Waals surface area contributed by atoms with Gasteiger partial charge in [-0.3, -0.25) is 0 Å². The highest BCUT2D eigenvalue weighted by Crippen LogP contribution is 2.50. The Balaban J connectivity index is 1.83. The van der Waals surface area contributed by atoms with Crippen molar-refractivity contribution in [2.24, 2.45) is 0 Å². The molecule has 0 saturated carbocycles. The molecule has 1 heterocycles. The lowest BCUT2D eigenvalue weighted by Gasteiger charge is -2.15. The summed E-state index contributed by atoms with van der Waals surface area (Å²) in [4.78, 5) is 0. The highest BCUT2D eigenvalue weighted by molar-refractivity contribution is 5.98. The van der Waals surface area contributed by atoms with Crippen LogP contribution in [-0.4, -0.2) is 6.61 Å². The fourth-order valence-electron chi connectivity index (χ4n) is 3.91. The minimum atomic E-state index is 0.591. The molecule has 1 aliphatic heterocycles. The van der Waals surface area contributed by atoms with E-state index in [2.05, 4.69) is 66.7 Å². The molecule has 146 valence electrons. The van der Waals surface area contributed by atoms with Crippen LogP contribution >= 0.6 is 0 Å². The van der Waals surface area contributed by atoms with Gasteiger partial charge in [-0.05, 0) is 29.7 Å². The van der Waals surface area contributed by atoms with E-state index in [4.69, 9.17) is 9.15 Å². The third-order valence-electron chi connectivity index (χ3n) is 5.28. The third kappa shape index (κ3) is 3.27. The Bertz CT molecular complexity index is 1220. The minimum Gasteiger partial charge on any atom is -0.493 e. The molecule has 0 aromatic heterocycles. The second-order valence-electron chi connectivity index (χ2n) is 7.18. The average molecular weight is 390 g/mol. The van der Waals surface area contributed by atoms with Crippen molar-refractivity contribution in [3.8, 4) is 50.7 Å². The molecule has 5 rings (SSSR count). The normalized spacial score (nSPS) is 11.0. The molecule has 0 radical (unpaired) electrons. The molecule has 2 aliphatic rings. The number of rotatable bonds is 5. The molecule has 2 nitrogen and oxygen atoms in total. The van der Waals surface area contributed by atoms with Crippen LogP contribution in [0.3, 0.4) is 0 Å². The van der Waals surface area contributed by atoms with Crippen molar-refractivity contribution in [1.82, 2.24) is 0 Å². The molecule has 0 atom stereocenters. The van der Waals surface area contributed by atoms with E-state index in [1.807, 2.05) is 43.3 Å². The molecule has 0 N–H and O–H groups in total. The van der Waals surface area contributed by atoms with E-state index in [9.17, 15) is 0 Å². The zero-order valence-electron chi connectivity index (χ0n) is 16.8. The van der Waals surface area contributed by atoms with Gasteiger partial charge < -0.3 is 9.15 Å². The standard InChI is InChI=1S/C28H22O2/c1-2-29-26-19-25(22-16-10-5-11-17-22)30-28-24(21-14-8-4-9-15-21)18-23(27(26)28)20-12-6-3-7-13-20/h3-19H,2H2,1H3. The van der Waals surface area contributed by atoms with Gasteiger partial charge in [0.15, 0.2) is 0 Å². The first-order valence-corrected chi connectivity index (χ1v) is 10.2. The fraction of sp³-hybridized carbons (Fsp3) is 0.0714.